The number of allylic oxidation sites excluding steroid dienone is 1. The predicted molar refractivity (Wildman–Crippen MR) is 264 cm³/mol. The van der Waals surface area contributed by atoms with Crippen LogP contribution in [-0.4, -0.2) is 227 Å². The third kappa shape index (κ3) is 9.49. The van der Waals surface area contributed by atoms with Crippen molar-refractivity contribution in [2.45, 2.75) is 230 Å². The van der Waals surface area contributed by atoms with Crippen molar-refractivity contribution in [3.05, 3.63) is 11.6 Å². The molecule has 27 atom stereocenters. The molecular weight excluding hydrogens is 1030 g/mol. The first kappa shape index (κ1) is 61.5. The van der Waals surface area contributed by atoms with Crippen LogP contribution in [0.15, 0.2) is 11.6 Å². The zero-order chi connectivity index (χ0) is 57.9. The highest BCUT2D eigenvalue weighted by Crippen LogP contribution is 2.76. The summed E-state index contributed by atoms with van der Waals surface area (Å²) >= 11 is 0. The van der Waals surface area contributed by atoms with Crippen LogP contribution >= 0.6 is 0 Å². The van der Waals surface area contributed by atoms with E-state index in [4.69, 9.17) is 37.9 Å². The summed E-state index contributed by atoms with van der Waals surface area (Å²) in [6, 6.07) is 0. The third-order valence-electron chi connectivity index (χ3n) is 20.7. The van der Waals surface area contributed by atoms with Crippen LogP contribution in [0, 0.1) is 56.2 Å². The Morgan fingerprint density at radius 1 is 0.654 bits per heavy atom. The van der Waals surface area contributed by atoms with Crippen molar-refractivity contribution in [1.82, 2.24) is 0 Å². The molecule has 13 N–H and O–H groups in total. The maximum atomic E-state index is 13.2. The van der Waals surface area contributed by atoms with Crippen LogP contribution in [0.5, 0.6) is 0 Å². The number of ether oxygens (including phenoxy) is 8. The van der Waals surface area contributed by atoms with Gasteiger partial charge in [-0.05, 0) is 72.5 Å². The number of carboxylic acid groups (broad SMARTS) is 1. The molecule has 24 heteroatoms. The van der Waals surface area contributed by atoms with E-state index in [1.165, 1.54) is 6.92 Å². The molecule has 8 rings (SSSR count). The van der Waals surface area contributed by atoms with E-state index in [0.29, 0.717) is 38.5 Å². The summed E-state index contributed by atoms with van der Waals surface area (Å²) in [7, 11) is 0. The summed E-state index contributed by atoms with van der Waals surface area (Å²) in [6.45, 7) is 16.3. The number of aliphatic carboxylic acids is 1. The Bertz CT molecular complexity index is 2230. The SMILES string of the molecule is CC(=O)O[C@H]1[C@H](OC(=O)C(C)C)C(C)(C)C[C@@H]2C3=CC[C@@H]4[C@@]5(C)CC[C@H](O[C@@H]6O[C@H](C(=O)O)[C@@H](O)[C@H](O)[C@H]6O[C@@H]6O[C@H](CO)[C@@H](O)[C@H](O)[C@H]6O[C@@H]6O[C@H](CO)[C@@H](O)[C@H](O)[C@H]6O)C(C)(C)[C@H]5CC[C@@]4(C)[C@]3(C)[C@@H](O)[C@@H](O)[C@]21CO. The second-order valence-electron chi connectivity index (χ2n) is 25.9. The predicted octanol–water partition coefficient (Wildman–Crippen LogP) is -1.63. The lowest BCUT2D eigenvalue weighted by Gasteiger charge is -2.73. The third-order valence-corrected chi connectivity index (χ3v) is 20.7. The fraction of sp³-hybridized carbons (Fsp3) is 0.907. The average molecular weight is 1120 g/mol. The Morgan fingerprint density at radius 2 is 1.22 bits per heavy atom. The number of rotatable bonds is 13. The van der Waals surface area contributed by atoms with Crippen molar-refractivity contribution < 1.29 is 119 Å². The van der Waals surface area contributed by atoms with Crippen LogP contribution < -0.4 is 0 Å². The molecule has 7 fully saturated rings. The minimum Gasteiger partial charge on any atom is -0.479 e. The van der Waals surface area contributed by atoms with Crippen molar-refractivity contribution in [3.63, 3.8) is 0 Å². The zero-order valence-corrected chi connectivity index (χ0v) is 46.1. The van der Waals surface area contributed by atoms with Crippen LogP contribution in [0.1, 0.15) is 108 Å². The normalized spacial score (nSPS) is 50.7. The van der Waals surface area contributed by atoms with E-state index in [0.717, 1.165) is 5.57 Å². The van der Waals surface area contributed by atoms with Gasteiger partial charge in [0.25, 0.3) is 0 Å². The largest absolute Gasteiger partial charge is 0.479 e. The molecule has 24 nitrogen and oxygen atoms in total. The van der Waals surface area contributed by atoms with Gasteiger partial charge in [-0.15, -0.1) is 0 Å². The van der Waals surface area contributed by atoms with Crippen LogP contribution in [0.3, 0.4) is 0 Å². The summed E-state index contributed by atoms with van der Waals surface area (Å²) in [5.74, 6) is -4.35. The Morgan fingerprint density at radius 3 is 1.78 bits per heavy atom. The number of esters is 2. The molecule has 0 spiro atoms. The Labute approximate surface area is 453 Å². The van der Waals surface area contributed by atoms with E-state index in [2.05, 4.69) is 19.9 Å². The molecule has 5 aliphatic carbocycles. The van der Waals surface area contributed by atoms with E-state index < -0.39 is 205 Å². The topological polar surface area (TPSA) is 388 Å². The molecule has 0 bridgehead atoms. The first-order chi connectivity index (χ1) is 36.3. The summed E-state index contributed by atoms with van der Waals surface area (Å²) in [5, 5.41) is 144. The molecule has 446 valence electrons. The molecule has 0 radical (unpaired) electrons. The lowest BCUT2D eigenvalue weighted by Crippen LogP contribution is -2.76. The van der Waals surface area contributed by atoms with E-state index >= 15 is 0 Å². The van der Waals surface area contributed by atoms with Gasteiger partial charge in [0.15, 0.2) is 31.1 Å². The van der Waals surface area contributed by atoms with Gasteiger partial charge >= 0.3 is 17.9 Å². The standard InChI is InChI=1S/C54H86O24/c1-21(2)45(70)78-42-43(71-22(3)58)54(20-57)24(17-49(42,4)5)23-11-12-28-51(8)15-14-29(50(6,7)27(51)13-16-52(28,9)53(23,10)40(66)41(54)67)74-48-39(35(64)34(63)37(75-48)44(68)69)77-47-38(33(62)31(60)26(19-56)73-47)76-46-36(65)32(61)30(59)25(18-55)72-46/h11,21,24-43,46-48,55-57,59-67H,12-20H2,1-10H3,(H,68,69)/t24-,25-,26-,27-,28-,29+,30-,31-,32+,33+,34+,35+,36-,37+,38-,39-,40+,41-,42+,43+,46+,47+,48-,51+,52-,53+,54+/m1/s1. The summed E-state index contributed by atoms with van der Waals surface area (Å²) in [4.78, 5) is 38.8. The smallest absolute Gasteiger partial charge is 0.335 e. The van der Waals surface area contributed by atoms with Crippen molar-refractivity contribution in [2.24, 2.45) is 56.2 Å². The fourth-order valence-corrected chi connectivity index (χ4v) is 16.2. The molecular formula is C54H86O24. The zero-order valence-electron chi connectivity index (χ0n) is 46.1. The van der Waals surface area contributed by atoms with Gasteiger partial charge in [-0.2, -0.15) is 0 Å². The molecule has 4 saturated carbocycles. The van der Waals surface area contributed by atoms with Gasteiger partial charge in [-0.3, -0.25) is 9.59 Å². The Hall–Kier alpha value is -2.57. The minimum atomic E-state index is -2.14. The van der Waals surface area contributed by atoms with Crippen molar-refractivity contribution >= 4 is 17.9 Å². The highest BCUT2D eigenvalue weighted by atomic mass is 16.8. The van der Waals surface area contributed by atoms with Crippen LogP contribution in [0.25, 0.3) is 0 Å². The van der Waals surface area contributed by atoms with Gasteiger partial charge in [0, 0.05) is 17.8 Å². The number of carboxylic acids is 1. The highest BCUT2D eigenvalue weighted by Gasteiger charge is 2.76. The summed E-state index contributed by atoms with van der Waals surface area (Å²) in [6.07, 6.45) is -29.8. The van der Waals surface area contributed by atoms with Crippen LogP contribution in [0.2, 0.25) is 0 Å². The lowest BCUT2D eigenvalue weighted by molar-refractivity contribution is -0.396. The second-order valence-corrected chi connectivity index (χ2v) is 25.9. The number of aliphatic hydroxyl groups is 12. The number of fused-ring (bicyclic) bond motifs is 7. The van der Waals surface area contributed by atoms with E-state index in [1.807, 2.05) is 34.6 Å². The van der Waals surface area contributed by atoms with E-state index in [-0.39, 0.29) is 11.8 Å². The number of carbonyl (C=O) groups is 3. The molecule has 0 amide bonds. The first-order valence-corrected chi connectivity index (χ1v) is 27.5. The van der Waals surface area contributed by atoms with Gasteiger partial charge in [0.1, 0.15) is 73.2 Å². The van der Waals surface area contributed by atoms with Gasteiger partial charge in [-0.1, -0.05) is 74.0 Å². The van der Waals surface area contributed by atoms with E-state index in [9.17, 15) is 80.8 Å². The minimum absolute atomic E-state index is 0.137. The van der Waals surface area contributed by atoms with Gasteiger partial charge in [0.05, 0.1) is 49.5 Å². The number of aliphatic hydroxyl groups excluding tert-OH is 12. The maximum Gasteiger partial charge on any atom is 0.335 e. The Kier molecular flexibility index (Phi) is 17.3. The van der Waals surface area contributed by atoms with Crippen molar-refractivity contribution in [3.8, 4) is 0 Å². The van der Waals surface area contributed by atoms with Crippen LogP contribution in [0.4, 0.5) is 0 Å². The monoisotopic (exact) mass is 1120 g/mol. The molecule has 78 heavy (non-hydrogen) atoms. The molecule has 3 saturated heterocycles. The maximum absolute atomic E-state index is 13.2. The second kappa shape index (κ2) is 21.9. The van der Waals surface area contributed by atoms with E-state index in [1.54, 1.807) is 13.8 Å². The molecule has 0 aromatic rings. The fourth-order valence-electron chi connectivity index (χ4n) is 16.2. The molecule has 8 aliphatic rings. The molecule has 0 unspecified atom stereocenters. The summed E-state index contributed by atoms with van der Waals surface area (Å²) in [5.41, 5.74) is -4.76. The highest BCUT2D eigenvalue weighted by molar-refractivity contribution is 5.73. The average Bonchev–Trinajstić information content (AvgIpc) is 3.22. The summed E-state index contributed by atoms with van der Waals surface area (Å²) < 4.78 is 48.2. The Balaban J connectivity index is 1.10. The van der Waals surface area contributed by atoms with Gasteiger partial charge in [0.2, 0.25) is 0 Å². The number of hydrogen-bond acceptors (Lipinski definition) is 23. The van der Waals surface area contributed by atoms with Gasteiger partial charge < -0.3 is 104 Å². The van der Waals surface area contributed by atoms with Crippen molar-refractivity contribution in [2.75, 3.05) is 19.8 Å². The lowest BCUT2D eigenvalue weighted by atomic mass is 9.32. The molecule has 0 aromatic heterocycles. The van der Waals surface area contributed by atoms with Crippen molar-refractivity contribution in [1.29, 1.82) is 0 Å². The molecule has 3 heterocycles. The first-order valence-electron chi connectivity index (χ1n) is 27.5. The van der Waals surface area contributed by atoms with Gasteiger partial charge in [-0.25, -0.2) is 4.79 Å². The quantitative estimate of drug-likeness (QED) is 0.0559. The number of carbonyl (C=O) groups excluding carboxylic acids is 2. The number of hydrogen-bond donors (Lipinski definition) is 13. The molecule has 0 aromatic carbocycles. The van der Waals surface area contributed by atoms with Crippen LogP contribution in [-0.2, 0) is 52.3 Å². The molecule has 3 aliphatic heterocycles.